The first-order valence-corrected chi connectivity index (χ1v) is 5.06. The molecule has 0 aromatic heterocycles. The van der Waals surface area contributed by atoms with E-state index in [1.807, 2.05) is 6.92 Å². The minimum Gasteiger partial charge on any atom is -0.496 e. The molecule has 0 fully saturated rings. The summed E-state index contributed by atoms with van der Waals surface area (Å²) in [5.74, 6) is -0.0255. The van der Waals surface area contributed by atoms with Crippen LogP contribution < -0.4 is 15.2 Å². The van der Waals surface area contributed by atoms with Crippen LogP contribution in [0.25, 0.3) is 0 Å². The highest BCUT2D eigenvalue weighted by atomic mass is 19.4. The quantitative estimate of drug-likeness (QED) is 0.892. The number of ether oxygens (including phenoxy) is 2. The van der Waals surface area contributed by atoms with E-state index >= 15 is 0 Å². The van der Waals surface area contributed by atoms with Crippen LogP contribution in [0.3, 0.4) is 0 Å². The maximum atomic E-state index is 12.0. The van der Waals surface area contributed by atoms with Crippen molar-refractivity contribution in [1.29, 1.82) is 0 Å². The molecule has 6 heteroatoms. The van der Waals surface area contributed by atoms with Crippen LogP contribution in [0.5, 0.6) is 11.5 Å². The minimum atomic E-state index is -4.71. The van der Waals surface area contributed by atoms with Gasteiger partial charge in [-0.1, -0.05) is 13.0 Å². The van der Waals surface area contributed by atoms with E-state index in [0.717, 1.165) is 0 Å². The fraction of sp³-hybridized carbons (Fsp3) is 0.455. The van der Waals surface area contributed by atoms with Gasteiger partial charge in [-0.15, -0.1) is 13.2 Å². The molecule has 0 aliphatic rings. The average molecular weight is 249 g/mol. The SMILES string of the molecule is CC[C@H](N)c1ccc(OC(F)(F)F)cc1OC. The second-order valence-corrected chi connectivity index (χ2v) is 3.47. The summed E-state index contributed by atoms with van der Waals surface area (Å²) >= 11 is 0. The molecule has 1 aromatic carbocycles. The molecule has 96 valence electrons. The molecular formula is C11H14F3NO2. The van der Waals surface area contributed by atoms with Crippen molar-refractivity contribution in [2.45, 2.75) is 25.7 Å². The normalized spacial score (nSPS) is 13.3. The van der Waals surface area contributed by atoms with Gasteiger partial charge in [0.25, 0.3) is 0 Å². The zero-order chi connectivity index (χ0) is 13.1. The molecule has 0 heterocycles. The van der Waals surface area contributed by atoms with E-state index in [0.29, 0.717) is 17.7 Å². The fourth-order valence-corrected chi connectivity index (χ4v) is 1.41. The van der Waals surface area contributed by atoms with Crippen molar-refractivity contribution in [3.8, 4) is 11.5 Å². The monoisotopic (exact) mass is 249 g/mol. The van der Waals surface area contributed by atoms with Gasteiger partial charge >= 0.3 is 6.36 Å². The Morgan fingerprint density at radius 1 is 1.35 bits per heavy atom. The van der Waals surface area contributed by atoms with Crippen molar-refractivity contribution in [2.75, 3.05) is 7.11 Å². The number of benzene rings is 1. The largest absolute Gasteiger partial charge is 0.573 e. The maximum absolute atomic E-state index is 12.0. The Hall–Kier alpha value is -1.43. The summed E-state index contributed by atoms with van der Waals surface area (Å²) in [5, 5.41) is 0. The summed E-state index contributed by atoms with van der Waals surface area (Å²) in [7, 11) is 1.37. The molecule has 0 saturated carbocycles. The first kappa shape index (κ1) is 13.6. The van der Waals surface area contributed by atoms with Crippen molar-refractivity contribution in [3.63, 3.8) is 0 Å². The van der Waals surface area contributed by atoms with Crippen LogP contribution in [-0.4, -0.2) is 13.5 Å². The molecule has 0 saturated heterocycles. The molecule has 1 rings (SSSR count). The van der Waals surface area contributed by atoms with Gasteiger partial charge in [0, 0.05) is 17.7 Å². The number of rotatable bonds is 4. The number of alkyl halides is 3. The summed E-state index contributed by atoms with van der Waals surface area (Å²) in [6, 6.07) is 3.61. The van der Waals surface area contributed by atoms with E-state index < -0.39 is 6.36 Å². The van der Waals surface area contributed by atoms with E-state index in [4.69, 9.17) is 10.5 Å². The molecule has 0 aliphatic carbocycles. The third kappa shape index (κ3) is 3.81. The van der Waals surface area contributed by atoms with Gasteiger partial charge in [0.05, 0.1) is 7.11 Å². The Labute approximate surface area is 97.3 Å². The topological polar surface area (TPSA) is 44.5 Å². The molecular weight excluding hydrogens is 235 g/mol. The lowest BCUT2D eigenvalue weighted by Crippen LogP contribution is -2.17. The van der Waals surface area contributed by atoms with Gasteiger partial charge in [-0.2, -0.15) is 0 Å². The Morgan fingerprint density at radius 2 is 2.00 bits per heavy atom. The van der Waals surface area contributed by atoms with E-state index in [2.05, 4.69) is 4.74 Å². The molecule has 0 spiro atoms. The van der Waals surface area contributed by atoms with E-state index in [1.54, 1.807) is 0 Å². The third-order valence-corrected chi connectivity index (χ3v) is 2.28. The van der Waals surface area contributed by atoms with Crippen molar-refractivity contribution in [1.82, 2.24) is 0 Å². The maximum Gasteiger partial charge on any atom is 0.573 e. The summed E-state index contributed by atoms with van der Waals surface area (Å²) in [6.45, 7) is 1.88. The second kappa shape index (κ2) is 5.27. The van der Waals surface area contributed by atoms with Crippen molar-refractivity contribution in [3.05, 3.63) is 23.8 Å². The lowest BCUT2D eigenvalue weighted by atomic mass is 10.0. The highest BCUT2D eigenvalue weighted by Crippen LogP contribution is 2.32. The smallest absolute Gasteiger partial charge is 0.496 e. The van der Waals surface area contributed by atoms with Gasteiger partial charge < -0.3 is 15.2 Å². The van der Waals surface area contributed by atoms with Crippen LogP contribution in [0.1, 0.15) is 24.9 Å². The lowest BCUT2D eigenvalue weighted by molar-refractivity contribution is -0.274. The van der Waals surface area contributed by atoms with Crippen LogP contribution in [0.15, 0.2) is 18.2 Å². The van der Waals surface area contributed by atoms with E-state index in [9.17, 15) is 13.2 Å². The zero-order valence-corrected chi connectivity index (χ0v) is 9.54. The van der Waals surface area contributed by atoms with Gasteiger partial charge in [-0.3, -0.25) is 0 Å². The zero-order valence-electron chi connectivity index (χ0n) is 9.54. The predicted octanol–water partition coefficient (Wildman–Crippen LogP) is 3.00. The van der Waals surface area contributed by atoms with Crippen LogP contribution in [0.2, 0.25) is 0 Å². The minimum absolute atomic E-state index is 0.273. The molecule has 0 aliphatic heterocycles. The van der Waals surface area contributed by atoms with E-state index in [-0.39, 0.29) is 11.8 Å². The Morgan fingerprint density at radius 3 is 2.47 bits per heavy atom. The molecule has 0 bridgehead atoms. The van der Waals surface area contributed by atoms with Crippen molar-refractivity contribution < 1.29 is 22.6 Å². The highest BCUT2D eigenvalue weighted by Gasteiger charge is 2.31. The Balaban J connectivity index is 3.00. The van der Waals surface area contributed by atoms with Gasteiger partial charge in [0.15, 0.2) is 0 Å². The number of nitrogens with two attached hydrogens (primary N) is 1. The second-order valence-electron chi connectivity index (χ2n) is 3.47. The molecule has 3 nitrogen and oxygen atoms in total. The van der Waals surface area contributed by atoms with Crippen LogP contribution in [0.4, 0.5) is 13.2 Å². The van der Waals surface area contributed by atoms with Crippen LogP contribution in [-0.2, 0) is 0 Å². The van der Waals surface area contributed by atoms with Crippen molar-refractivity contribution >= 4 is 0 Å². The summed E-state index contributed by atoms with van der Waals surface area (Å²) < 4.78 is 44.8. The average Bonchev–Trinajstić information content (AvgIpc) is 2.25. The van der Waals surface area contributed by atoms with Crippen LogP contribution in [0, 0.1) is 0 Å². The number of hydrogen-bond donors (Lipinski definition) is 1. The molecule has 1 aromatic rings. The number of methoxy groups -OCH3 is 1. The van der Waals surface area contributed by atoms with Gasteiger partial charge in [-0.25, -0.2) is 0 Å². The van der Waals surface area contributed by atoms with Crippen LogP contribution >= 0.6 is 0 Å². The van der Waals surface area contributed by atoms with Crippen molar-refractivity contribution in [2.24, 2.45) is 5.73 Å². The molecule has 2 N–H and O–H groups in total. The molecule has 17 heavy (non-hydrogen) atoms. The third-order valence-electron chi connectivity index (χ3n) is 2.28. The predicted molar refractivity (Wildman–Crippen MR) is 56.9 cm³/mol. The molecule has 0 amide bonds. The molecule has 0 radical (unpaired) electrons. The first-order valence-electron chi connectivity index (χ1n) is 5.06. The first-order chi connectivity index (χ1) is 7.87. The number of halogens is 3. The van der Waals surface area contributed by atoms with E-state index in [1.165, 1.54) is 25.3 Å². The summed E-state index contributed by atoms with van der Waals surface area (Å²) in [5.41, 5.74) is 6.46. The Bertz CT molecular complexity index is 379. The highest BCUT2D eigenvalue weighted by molar-refractivity contribution is 5.42. The molecule has 0 unspecified atom stereocenters. The standard InChI is InChI=1S/C11H14F3NO2/c1-3-9(15)8-5-4-7(6-10(8)16-2)17-11(12,13)14/h4-6,9H,3,15H2,1-2H3/t9-/m0/s1. The fourth-order valence-electron chi connectivity index (χ4n) is 1.41. The summed E-state index contributed by atoms with van der Waals surface area (Å²) in [6.07, 6.45) is -4.05. The van der Waals surface area contributed by atoms with Gasteiger partial charge in [-0.05, 0) is 12.5 Å². The summed E-state index contributed by atoms with van der Waals surface area (Å²) in [4.78, 5) is 0. The Kier molecular flexibility index (Phi) is 4.22. The lowest BCUT2D eigenvalue weighted by Gasteiger charge is -2.16. The number of hydrogen-bond acceptors (Lipinski definition) is 3. The van der Waals surface area contributed by atoms with Gasteiger partial charge in [0.1, 0.15) is 11.5 Å². The van der Waals surface area contributed by atoms with Gasteiger partial charge in [0.2, 0.25) is 0 Å². The molecule has 1 atom stereocenters.